The topological polar surface area (TPSA) is 99.6 Å². The number of carbonyl (C=O) groups excluding carboxylic acids is 1. The van der Waals surface area contributed by atoms with Gasteiger partial charge in [0.1, 0.15) is 5.82 Å². The molecule has 0 spiro atoms. The monoisotopic (exact) mass is 505 g/mol. The zero-order chi connectivity index (χ0) is 24.7. The van der Waals surface area contributed by atoms with E-state index in [0.717, 1.165) is 31.3 Å². The highest BCUT2D eigenvalue weighted by Crippen LogP contribution is 2.34. The summed E-state index contributed by atoms with van der Waals surface area (Å²) in [7, 11) is -3.39. The Morgan fingerprint density at radius 3 is 2.16 bits per heavy atom. The zero-order valence-electron chi connectivity index (χ0n) is 16.1. The van der Waals surface area contributed by atoms with Crippen LogP contribution in [0, 0.1) is 0 Å². The first kappa shape index (κ1) is 25.7. The first-order valence-electron chi connectivity index (χ1n) is 8.31. The van der Waals surface area contributed by atoms with Crippen molar-refractivity contribution < 1.29 is 44.7 Å². The Labute approximate surface area is 182 Å². The van der Waals surface area contributed by atoms with E-state index in [-0.39, 0.29) is 12.7 Å². The van der Waals surface area contributed by atoms with Crippen LogP contribution in [0.2, 0.25) is 5.02 Å². The molecule has 0 aliphatic rings. The lowest BCUT2D eigenvalue weighted by molar-refractivity contribution is -0.242. The number of rotatable bonds is 5. The Kier molecular flexibility index (Phi) is 6.74. The largest absolute Gasteiger partial charge is 0.426 e. The Hall–Kier alpha value is -2.58. The summed E-state index contributed by atoms with van der Waals surface area (Å²) in [6, 6.07) is 4.03. The fourth-order valence-corrected chi connectivity index (χ4v) is 3.62. The molecule has 7 nitrogen and oxygen atoms in total. The van der Waals surface area contributed by atoms with E-state index in [2.05, 4.69) is 4.98 Å². The van der Waals surface area contributed by atoms with Crippen molar-refractivity contribution >= 4 is 39.0 Å². The van der Waals surface area contributed by atoms with Crippen LogP contribution in [0.5, 0.6) is 0 Å². The van der Waals surface area contributed by atoms with Gasteiger partial charge in [0.15, 0.2) is 0 Å². The first-order chi connectivity index (χ1) is 14.4. The lowest BCUT2D eigenvalue weighted by Crippen LogP contribution is -2.52. The predicted octanol–water partition coefficient (Wildman–Crippen LogP) is 3.83. The van der Waals surface area contributed by atoms with Gasteiger partial charge in [0.2, 0.25) is 5.60 Å². The third kappa shape index (κ3) is 5.07. The number of aromatic nitrogens is 1. The van der Waals surface area contributed by atoms with Crippen LogP contribution in [0.3, 0.4) is 0 Å². The van der Waals surface area contributed by atoms with Gasteiger partial charge in [-0.15, -0.1) is 0 Å². The highest BCUT2D eigenvalue weighted by atomic mass is 35.5. The van der Waals surface area contributed by atoms with Crippen LogP contribution in [0.4, 0.5) is 37.8 Å². The molecule has 0 saturated heterocycles. The second-order valence-electron chi connectivity index (χ2n) is 6.54. The molecule has 0 unspecified atom stereocenters. The summed E-state index contributed by atoms with van der Waals surface area (Å²) in [5, 5.41) is 10.6. The molecule has 1 aromatic carbocycles. The van der Waals surface area contributed by atoms with Gasteiger partial charge in [-0.3, -0.25) is 9.10 Å². The smallest absolute Gasteiger partial charge is 0.373 e. The van der Waals surface area contributed by atoms with Crippen molar-refractivity contribution in [3.05, 3.63) is 47.1 Å². The summed E-state index contributed by atoms with van der Waals surface area (Å²) in [6.07, 6.45) is -9.52. The van der Waals surface area contributed by atoms with Gasteiger partial charge in [-0.05, 0) is 37.3 Å². The Balaban J connectivity index is 2.30. The predicted molar refractivity (Wildman–Crippen MR) is 102 cm³/mol. The zero-order valence-corrected chi connectivity index (χ0v) is 17.7. The number of hydrogen-bond acceptors (Lipinski definition) is 5. The van der Waals surface area contributed by atoms with Gasteiger partial charge in [-0.25, -0.2) is 13.4 Å². The minimum atomic E-state index is -5.29. The average Bonchev–Trinajstić information content (AvgIpc) is 2.67. The number of alkyl halides is 6. The number of hydrogen-bond donors (Lipinski definition) is 2. The minimum Gasteiger partial charge on any atom is -0.373 e. The maximum absolute atomic E-state index is 12.8. The van der Waals surface area contributed by atoms with Gasteiger partial charge in [-0.1, -0.05) is 11.6 Å². The third-order valence-electron chi connectivity index (χ3n) is 4.24. The minimum absolute atomic E-state index is 0.223. The maximum atomic E-state index is 12.8. The van der Waals surface area contributed by atoms with E-state index in [4.69, 9.17) is 11.6 Å². The summed E-state index contributed by atoms with van der Waals surface area (Å²) in [5.41, 5.74) is -5.25. The highest BCUT2D eigenvalue weighted by Gasteiger charge is 2.55. The molecule has 0 fully saturated rings. The van der Waals surface area contributed by atoms with Gasteiger partial charge >= 0.3 is 12.4 Å². The highest BCUT2D eigenvalue weighted by molar-refractivity contribution is 7.92. The number of pyridine rings is 1. The third-order valence-corrected chi connectivity index (χ3v) is 6.31. The fraction of sp³-hybridized carbons (Fsp3) is 0.294. The first-order valence-corrected chi connectivity index (χ1v) is 10.1. The standard InChI is InChI=1S/C17H14ClF6N3O4S/c1-15(29,17(22,23)24)14(28)26-12-5-4-10(7-11(12)18)32(30,31)27(2)13-6-3-9(8-25-13)16(19,20)21/h3-8,29H,1-2H3,(H,26,28)/t15-/m1/s1. The molecule has 1 aromatic heterocycles. The molecular weight excluding hydrogens is 492 g/mol. The summed E-state index contributed by atoms with van der Waals surface area (Å²) in [4.78, 5) is 14.7. The molecule has 0 saturated carbocycles. The molecule has 0 aliphatic heterocycles. The van der Waals surface area contributed by atoms with E-state index in [9.17, 15) is 44.7 Å². The number of carbonyl (C=O) groups is 1. The number of aliphatic hydroxyl groups is 1. The molecule has 2 aromatic rings. The number of amides is 1. The normalized spacial score (nSPS) is 14.6. The summed E-state index contributed by atoms with van der Waals surface area (Å²) in [5.74, 6) is -2.21. The van der Waals surface area contributed by atoms with Crippen LogP contribution in [-0.4, -0.2) is 43.2 Å². The Morgan fingerprint density at radius 2 is 1.72 bits per heavy atom. The molecule has 1 heterocycles. The molecule has 0 bridgehead atoms. The maximum Gasteiger partial charge on any atom is 0.426 e. The molecule has 1 amide bonds. The molecule has 1 atom stereocenters. The lowest BCUT2D eigenvalue weighted by Gasteiger charge is -2.25. The summed E-state index contributed by atoms with van der Waals surface area (Å²) in [6.45, 7) is 0.223. The van der Waals surface area contributed by atoms with E-state index in [0.29, 0.717) is 16.6 Å². The van der Waals surface area contributed by atoms with Crippen LogP contribution in [0.1, 0.15) is 12.5 Å². The van der Waals surface area contributed by atoms with Crippen LogP contribution in [0.25, 0.3) is 0 Å². The van der Waals surface area contributed by atoms with Crippen molar-refractivity contribution in [3.63, 3.8) is 0 Å². The summed E-state index contributed by atoms with van der Waals surface area (Å²) >= 11 is 5.86. The average molecular weight is 506 g/mol. The van der Waals surface area contributed by atoms with Crippen LogP contribution >= 0.6 is 11.6 Å². The molecule has 2 N–H and O–H groups in total. The SMILES string of the molecule is CN(c1ccc(C(F)(F)F)cn1)S(=O)(=O)c1ccc(NC(=O)[C@@](C)(O)C(F)(F)F)c(Cl)c1. The second kappa shape index (κ2) is 8.41. The van der Waals surface area contributed by atoms with Gasteiger partial charge < -0.3 is 10.4 Å². The van der Waals surface area contributed by atoms with E-state index >= 15 is 0 Å². The van der Waals surface area contributed by atoms with E-state index in [1.165, 1.54) is 0 Å². The Bertz CT molecular complexity index is 1120. The van der Waals surface area contributed by atoms with Crippen molar-refractivity contribution in [2.24, 2.45) is 0 Å². The Morgan fingerprint density at radius 1 is 1.12 bits per heavy atom. The van der Waals surface area contributed by atoms with Gasteiger partial charge in [-0.2, -0.15) is 26.3 Å². The summed E-state index contributed by atoms with van der Waals surface area (Å²) < 4.78 is 102. The van der Waals surface area contributed by atoms with E-state index in [1.807, 2.05) is 0 Å². The molecule has 176 valence electrons. The lowest BCUT2D eigenvalue weighted by atomic mass is 10.1. The molecule has 32 heavy (non-hydrogen) atoms. The van der Waals surface area contributed by atoms with E-state index in [1.54, 1.807) is 5.32 Å². The number of halogens is 7. The fourth-order valence-electron chi connectivity index (χ4n) is 2.15. The van der Waals surface area contributed by atoms with Crippen LogP contribution < -0.4 is 9.62 Å². The molecule has 0 aliphatic carbocycles. The van der Waals surface area contributed by atoms with Crippen molar-refractivity contribution in [1.82, 2.24) is 4.98 Å². The quantitative estimate of drug-likeness (QED) is 0.602. The molecule has 0 radical (unpaired) electrons. The number of nitrogens with zero attached hydrogens (tertiary/aromatic N) is 2. The van der Waals surface area contributed by atoms with Crippen molar-refractivity contribution in [1.29, 1.82) is 0 Å². The molecule has 15 heteroatoms. The van der Waals surface area contributed by atoms with Crippen molar-refractivity contribution in [2.45, 2.75) is 29.8 Å². The number of anilines is 2. The molecule has 2 rings (SSSR count). The number of sulfonamides is 1. The van der Waals surface area contributed by atoms with Gasteiger partial charge in [0.05, 0.1) is 21.2 Å². The molecular formula is C17H14ClF6N3O4S. The van der Waals surface area contributed by atoms with Crippen molar-refractivity contribution in [2.75, 3.05) is 16.7 Å². The number of nitrogens with one attached hydrogen (secondary N) is 1. The van der Waals surface area contributed by atoms with Crippen LogP contribution in [0.15, 0.2) is 41.4 Å². The van der Waals surface area contributed by atoms with Gasteiger partial charge in [0.25, 0.3) is 15.9 Å². The number of benzene rings is 1. The van der Waals surface area contributed by atoms with Crippen molar-refractivity contribution in [3.8, 4) is 0 Å². The van der Waals surface area contributed by atoms with Crippen LogP contribution in [-0.2, 0) is 21.0 Å². The van der Waals surface area contributed by atoms with E-state index < -0.39 is 55.1 Å². The second-order valence-corrected chi connectivity index (χ2v) is 8.92. The van der Waals surface area contributed by atoms with Gasteiger partial charge in [0, 0.05) is 13.2 Å².